The van der Waals surface area contributed by atoms with Gasteiger partial charge in [-0.05, 0) is 73.0 Å². The van der Waals surface area contributed by atoms with Gasteiger partial charge in [0.1, 0.15) is 0 Å². The van der Waals surface area contributed by atoms with Crippen LogP contribution in [0.5, 0.6) is 0 Å². The van der Waals surface area contributed by atoms with E-state index in [0.717, 1.165) is 30.4 Å². The summed E-state index contributed by atoms with van der Waals surface area (Å²) in [5, 5.41) is 0. The van der Waals surface area contributed by atoms with E-state index in [1.54, 1.807) is 0 Å². The third-order valence-corrected chi connectivity index (χ3v) is 6.63. The van der Waals surface area contributed by atoms with Crippen LogP contribution in [0.3, 0.4) is 0 Å². The molecule has 1 aromatic carbocycles. The maximum Gasteiger partial charge on any atom is 0.494 e. The lowest BCUT2D eigenvalue weighted by molar-refractivity contribution is 0.00578. The number of rotatable bonds is 3. The average molecular weight is 371 g/mol. The average Bonchev–Trinajstić information content (AvgIpc) is 2.77. The molecule has 0 bridgehead atoms. The third-order valence-electron chi connectivity index (χ3n) is 6.63. The third kappa shape index (κ3) is 4.08. The van der Waals surface area contributed by atoms with E-state index in [1.807, 2.05) is 24.4 Å². The van der Waals surface area contributed by atoms with Crippen LogP contribution >= 0.6 is 0 Å². The molecule has 3 rings (SSSR count). The van der Waals surface area contributed by atoms with Crippen LogP contribution in [-0.4, -0.2) is 54.6 Å². The molecular weight excluding hydrogens is 337 g/mol. The zero-order chi connectivity index (χ0) is 20.0. The van der Waals surface area contributed by atoms with Crippen LogP contribution in [0.15, 0.2) is 23.2 Å². The van der Waals surface area contributed by atoms with Crippen molar-refractivity contribution in [3.05, 3.63) is 23.8 Å². The molecule has 0 aliphatic carbocycles. The molecule has 0 saturated carbocycles. The van der Waals surface area contributed by atoms with Gasteiger partial charge >= 0.3 is 7.12 Å². The predicted molar refractivity (Wildman–Crippen MR) is 114 cm³/mol. The van der Waals surface area contributed by atoms with Gasteiger partial charge < -0.3 is 19.9 Å². The largest absolute Gasteiger partial charge is 0.494 e. The van der Waals surface area contributed by atoms with Crippen molar-refractivity contribution in [2.45, 2.75) is 77.2 Å². The summed E-state index contributed by atoms with van der Waals surface area (Å²) >= 11 is 0. The van der Waals surface area contributed by atoms with Gasteiger partial charge in [-0.3, -0.25) is 4.99 Å². The van der Waals surface area contributed by atoms with Gasteiger partial charge in [0, 0.05) is 29.5 Å². The molecule has 148 valence electrons. The molecule has 6 heteroatoms. The van der Waals surface area contributed by atoms with Crippen molar-refractivity contribution in [2.75, 3.05) is 19.3 Å². The van der Waals surface area contributed by atoms with Crippen molar-refractivity contribution in [1.29, 1.82) is 0 Å². The number of aliphatic imine (C=N–C) groups is 1. The van der Waals surface area contributed by atoms with Gasteiger partial charge in [0.15, 0.2) is 0 Å². The molecule has 2 aliphatic heterocycles. The lowest BCUT2D eigenvalue weighted by Gasteiger charge is -2.42. The second-order valence-corrected chi connectivity index (χ2v) is 9.64. The highest BCUT2D eigenvalue weighted by molar-refractivity contribution is 6.62. The van der Waals surface area contributed by atoms with Crippen molar-refractivity contribution in [3.63, 3.8) is 0 Å². The number of nitrogens with two attached hydrogens (primary N) is 1. The van der Waals surface area contributed by atoms with Crippen LogP contribution in [0.4, 0.5) is 5.69 Å². The summed E-state index contributed by atoms with van der Waals surface area (Å²) in [4.78, 5) is 7.23. The fourth-order valence-corrected chi connectivity index (χ4v) is 3.63. The highest BCUT2D eigenvalue weighted by atomic mass is 16.7. The van der Waals surface area contributed by atoms with Gasteiger partial charge in [-0.15, -0.1) is 0 Å². The quantitative estimate of drug-likeness (QED) is 0.504. The second kappa shape index (κ2) is 6.91. The monoisotopic (exact) mass is 371 g/mol. The van der Waals surface area contributed by atoms with Gasteiger partial charge in [-0.2, -0.15) is 0 Å². The minimum absolute atomic E-state index is 0.187. The van der Waals surface area contributed by atoms with Crippen LogP contribution in [0, 0.1) is 0 Å². The molecule has 2 fully saturated rings. The van der Waals surface area contributed by atoms with Crippen molar-refractivity contribution in [3.8, 4) is 0 Å². The summed E-state index contributed by atoms with van der Waals surface area (Å²) in [5.74, 6) is 0. The minimum Gasteiger partial charge on any atom is -0.399 e. The van der Waals surface area contributed by atoms with Crippen molar-refractivity contribution < 1.29 is 9.31 Å². The SMILES string of the molecule is CN1CCC(N=Cc2ccc(B3OC(C)(C)C(C)(C)O3)cc2N)CC1(C)C. The number of likely N-dealkylation sites (tertiary alicyclic amines) is 1. The van der Waals surface area contributed by atoms with Gasteiger partial charge in [0.05, 0.1) is 17.2 Å². The zero-order valence-corrected chi connectivity index (χ0v) is 17.9. The first-order valence-electron chi connectivity index (χ1n) is 9.91. The Morgan fingerprint density at radius 1 is 1.15 bits per heavy atom. The fourth-order valence-electron chi connectivity index (χ4n) is 3.63. The highest BCUT2D eigenvalue weighted by Crippen LogP contribution is 2.36. The number of hydrogen-bond acceptors (Lipinski definition) is 5. The molecule has 27 heavy (non-hydrogen) atoms. The Bertz CT molecular complexity index is 714. The fraction of sp³-hybridized carbons (Fsp3) is 0.667. The first-order valence-corrected chi connectivity index (χ1v) is 9.91. The molecule has 1 atom stereocenters. The lowest BCUT2D eigenvalue weighted by atomic mass is 9.78. The van der Waals surface area contributed by atoms with E-state index in [-0.39, 0.29) is 16.7 Å². The van der Waals surface area contributed by atoms with Crippen LogP contribution in [0.25, 0.3) is 0 Å². The van der Waals surface area contributed by atoms with Crippen molar-refractivity contribution >= 4 is 24.5 Å². The molecule has 2 heterocycles. The van der Waals surface area contributed by atoms with Crippen molar-refractivity contribution in [2.24, 2.45) is 4.99 Å². The normalized spacial score (nSPS) is 27.4. The zero-order valence-electron chi connectivity index (χ0n) is 17.9. The molecule has 5 nitrogen and oxygen atoms in total. The van der Waals surface area contributed by atoms with Gasteiger partial charge in [0.2, 0.25) is 0 Å². The van der Waals surface area contributed by atoms with E-state index in [0.29, 0.717) is 11.7 Å². The molecule has 1 unspecified atom stereocenters. The topological polar surface area (TPSA) is 60.1 Å². The van der Waals surface area contributed by atoms with E-state index in [9.17, 15) is 0 Å². The maximum absolute atomic E-state index is 6.30. The first-order chi connectivity index (χ1) is 12.4. The lowest BCUT2D eigenvalue weighted by Crippen LogP contribution is -2.48. The van der Waals surface area contributed by atoms with E-state index < -0.39 is 7.12 Å². The van der Waals surface area contributed by atoms with Crippen LogP contribution < -0.4 is 11.2 Å². The van der Waals surface area contributed by atoms with Crippen LogP contribution in [0.2, 0.25) is 0 Å². The molecule has 0 radical (unpaired) electrons. The maximum atomic E-state index is 6.30. The smallest absolute Gasteiger partial charge is 0.399 e. The minimum atomic E-state index is -0.391. The van der Waals surface area contributed by atoms with Crippen LogP contribution in [-0.2, 0) is 9.31 Å². The Labute approximate surface area is 164 Å². The summed E-state index contributed by atoms with van der Waals surface area (Å²) in [5.41, 5.74) is 8.39. The summed E-state index contributed by atoms with van der Waals surface area (Å²) in [7, 11) is 1.80. The standard InChI is InChI=1S/C21H34BN3O2/c1-19(2)13-17(10-11-25(19)7)24-14-15-8-9-16(12-18(15)23)22-26-20(3,4)21(5,6)27-22/h8-9,12,14,17H,10-11,13,23H2,1-7H3. The number of benzene rings is 1. The molecule has 2 N–H and O–H groups in total. The number of anilines is 1. The number of nitrogen functional groups attached to an aromatic ring is 1. The Morgan fingerprint density at radius 3 is 2.33 bits per heavy atom. The van der Waals surface area contributed by atoms with Gasteiger partial charge in [0.25, 0.3) is 0 Å². The van der Waals surface area contributed by atoms with Gasteiger partial charge in [-0.1, -0.05) is 12.1 Å². The first kappa shape index (κ1) is 20.4. The van der Waals surface area contributed by atoms with E-state index in [4.69, 9.17) is 20.0 Å². The summed E-state index contributed by atoms with van der Waals surface area (Å²) in [6, 6.07) is 6.33. The molecule has 1 aromatic rings. The number of piperidine rings is 1. The summed E-state index contributed by atoms with van der Waals surface area (Å²) < 4.78 is 12.2. The Kier molecular flexibility index (Phi) is 5.21. The molecule has 2 aliphatic rings. The number of nitrogens with zero attached hydrogens (tertiary/aromatic N) is 2. The Balaban J connectivity index is 1.71. The molecule has 0 amide bonds. The van der Waals surface area contributed by atoms with Crippen molar-refractivity contribution in [1.82, 2.24) is 4.90 Å². The predicted octanol–water partition coefficient (Wildman–Crippen LogP) is 2.86. The van der Waals surface area contributed by atoms with Gasteiger partial charge in [-0.25, -0.2) is 0 Å². The molecule has 0 spiro atoms. The van der Waals surface area contributed by atoms with Crippen LogP contribution in [0.1, 0.15) is 59.9 Å². The number of hydrogen-bond donors (Lipinski definition) is 1. The second-order valence-electron chi connectivity index (χ2n) is 9.64. The summed E-state index contributed by atoms with van der Waals surface area (Å²) in [6.07, 6.45) is 4.07. The molecule has 0 aromatic heterocycles. The molecular formula is C21H34BN3O2. The highest BCUT2D eigenvalue weighted by Gasteiger charge is 2.51. The van der Waals surface area contributed by atoms with E-state index in [2.05, 4.69) is 53.5 Å². The molecule has 2 saturated heterocycles. The Hall–Kier alpha value is -1.37. The van der Waals surface area contributed by atoms with E-state index >= 15 is 0 Å². The summed E-state index contributed by atoms with van der Waals surface area (Å²) in [6.45, 7) is 13.9. The van der Waals surface area contributed by atoms with E-state index in [1.165, 1.54) is 0 Å². The Morgan fingerprint density at radius 2 is 1.78 bits per heavy atom.